The molecule has 3 rings (SSSR count). The van der Waals surface area contributed by atoms with Gasteiger partial charge in [0.25, 0.3) is 0 Å². The predicted octanol–water partition coefficient (Wildman–Crippen LogP) is 5.01. The zero-order chi connectivity index (χ0) is 13.2. The Morgan fingerprint density at radius 3 is 2.21 bits per heavy atom. The minimum Gasteiger partial charge on any atom is -0.507 e. The first-order chi connectivity index (χ1) is 9.24. The highest BCUT2D eigenvalue weighted by atomic mass is 32.2. The Morgan fingerprint density at radius 1 is 0.789 bits per heavy atom. The average Bonchev–Trinajstić information content (AvgIpc) is 2.45. The molecule has 94 valence electrons. The van der Waals surface area contributed by atoms with Gasteiger partial charge in [-0.3, -0.25) is 0 Å². The Morgan fingerprint density at radius 2 is 1.47 bits per heavy atom. The molecule has 1 N–H and O–H groups in total. The molecule has 3 aromatic carbocycles. The maximum Gasteiger partial charge on any atom is 0.123 e. The van der Waals surface area contributed by atoms with E-state index in [2.05, 4.69) is 31.2 Å². The van der Waals surface area contributed by atoms with Crippen LogP contribution >= 0.6 is 11.8 Å². The number of aromatic hydroxyl groups is 1. The molecule has 2 heteroatoms. The normalized spacial score (nSPS) is 10.8. The summed E-state index contributed by atoms with van der Waals surface area (Å²) >= 11 is 1.72. The molecule has 0 amide bonds. The van der Waals surface area contributed by atoms with Crippen molar-refractivity contribution >= 4 is 22.5 Å². The van der Waals surface area contributed by atoms with E-state index in [9.17, 15) is 5.11 Å². The molecule has 0 atom stereocenters. The second-order valence-electron chi connectivity index (χ2n) is 4.54. The van der Waals surface area contributed by atoms with Crippen LogP contribution in [0.5, 0.6) is 5.75 Å². The van der Waals surface area contributed by atoms with Crippen molar-refractivity contribution < 1.29 is 5.11 Å². The highest BCUT2D eigenvalue weighted by Crippen LogP contribution is 2.36. The van der Waals surface area contributed by atoms with E-state index in [4.69, 9.17) is 0 Å². The summed E-state index contributed by atoms with van der Waals surface area (Å²) in [5, 5.41) is 11.9. The van der Waals surface area contributed by atoms with Gasteiger partial charge in [0.05, 0.1) is 0 Å². The molecule has 0 heterocycles. The third-order valence-corrected chi connectivity index (χ3v) is 4.19. The van der Waals surface area contributed by atoms with Crippen molar-refractivity contribution in [3.63, 3.8) is 0 Å². The maximum absolute atomic E-state index is 9.89. The van der Waals surface area contributed by atoms with Crippen LogP contribution in [0.2, 0.25) is 0 Å². The summed E-state index contributed by atoms with van der Waals surface area (Å²) in [5.41, 5.74) is 1.26. The Hall–Kier alpha value is -1.93. The van der Waals surface area contributed by atoms with Crippen LogP contribution in [0, 0.1) is 6.92 Å². The van der Waals surface area contributed by atoms with Crippen molar-refractivity contribution in [3.05, 3.63) is 66.2 Å². The van der Waals surface area contributed by atoms with Gasteiger partial charge in [0.15, 0.2) is 0 Å². The standard InChI is InChI=1S/C17H14OS/c1-12-6-8-13(9-7-12)19-17-11-10-16(18)14-4-2-3-5-15(14)17/h2-11,18H,1H3. The first kappa shape index (κ1) is 12.1. The third-order valence-electron chi connectivity index (χ3n) is 3.11. The van der Waals surface area contributed by atoms with Crippen molar-refractivity contribution in [1.82, 2.24) is 0 Å². The Bertz CT molecular complexity index is 717. The van der Waals surface area contributed by atoms with E-state index in [-0.39, 0.29) is 0 Å². The Balaban J connectivity index is 2.06. The maximum atomic E-state index is 9.89. The number of phenolic OH excluding ortho intramolecular Hbond substituents is 1. The van der Waals surface area contributed by atoms with Gasteiger partial charge in [0, 0.05) is 15.2 Å². The van der Waals surface area contributed by atoms with Gasteiger partial charge in [-0.25, -0.2) is 0 Å². The van der Waals surface area contributed by atoms with Crippen molar-refractivity contribution in [3.8, 4) is 5.75 Å². The first-order valence-corrected chi connectivity index (χ1v) is 7.01. The van der Waals surface area contributed by atoms with Crippen LogP contribution in [0.15, 0.2) is 70.5 Å². The minimum absolute atomic E-state index is 0.337. The van der Waals surface area contributed by atoms with Gasteiger partial charge < -0.3 is 5.11 Å². The molecule has 0 spiro atoms. The van der Waals surface area contributed by atoms with Gasteiger partial charge in [0.2, 0.25) is 0 Å². The largest absolute Gasteiger partial charge is 0.507 e. The van der Waals surface area contributed by atoms with Gasteiger partial charge in [-0.05, 0) is 36.6 Å². The van der Waals surface area contributed by atoms with Gasteiger partial charge in [-0.1, -0.05) is 53.7 Å². The summed E-state index contributed by atoms with van der Waals surface area (Å²) in [5.74, 6) is 0.337. The summed E-state index contributed by atoms with van der Waals surface area (Å²) in [6, 6.07) is 20.2. The zero-order valence-electron chi connectivity index (χ0n) is 10.6. The summed E-state index contributed by atoms with van der Waals surface area (Å²) in [6.07, 6.45) is 0. The van der Waals surface area contributed by atoms with Crippen LogP contribution in [0.25, 0.3) is 10.8 Å². The smallest absolute Gasteiger partial charge is 0.123 e. The van der Waals surface area contributed by atoms with Crippen LogP contribution in [-0.2, 0) is 0 Å². The van der Waals surface area contributed by atoms with Gasteiger partial charge >= 0.3 is 0 Å². The lowest BCUT2D eigenvalue weighted by atomic mass is 10.1. The van der Waals surface area contributed by atoms with Crippen LogP contribution in [0.1, 0.15) is 5.56 Å². The van der Waals surface area contributed by atoms with E-state index in [0.717, 1.165) is 15.7 Å². The molecule has 0 aliphatic heterocycles. The summed E-state index contributed by atoms with van der Waals surface area (Å²) < 4.78 is 0. The number of rotatable bonds is 2. The lowest BCUT2D eigenvalue weighted by Gasteiger charge is -2.08. The molecule has 0 unspecified atom stereocenters. The highest BCUT2D eigenvalue weighted by molar-refractivity contribution is 7.99. The number of benzene rings is 3. The fourth-order valence-electron chi connectivity index (χ4n) is 2.08. The SMILES string of the molecule is Cc1ccc(Sc2ccc(O)c3ccccc23)cc1. The van der Waals surface area contributed by atoms with Gasteiger partial charge in [0.1, 0.15) is 5.75 Å². The molecule has 0 aliphatic rings. The van der Waals surface area contributed by atoms with Crippen LogP contribution in [0.4, 0.5) is 0 Å². The second-order valence-corrected chi connectivity index (χ2v) is 5.66. The molecule has 0 fully saturated rings. The molecular weight excluding hydrogens is 252 g/mol. The molecule has 3 aromatic rings. The number of hydrogen-bond donors (Lipinski definition) is 1. The van der Waals surface area contributed by atoms with E-state index in [1.54, 1.807) is 17.8 Å². The van der Waals surface area contributed by atoms with Crippen molar-refractivity contribution in [1.29, 1.82) is 0 Å². The van der Waals surface area contributed by atoms with Crippen molar-refractivity contribution in [2.75, 3.05) is 0 Å². The Labute approximate surface area is 116 Å². The molecule has 0 saturated carbocycles. The average molecular weight is 266 g/mol. The monoisotopic (exact) mass is 266 g/mol. The summed E-state index contributed by atoms with van der Waals surface area (Å²) in [7, 11) is 0. The number of hydrogen-bond acceptors (Lipinski definition) is 2. The van der Waals surface area contributed by atoms with E-state index in [1.165, 1.54) is 10.5 Å². The number of phenols is 1. The fourth-order valence-corrected chi connectivity index (χ4v) is 3.03. The highest BCUT2D eigenvalue weighted by Gasteiger charge is 2.06. The minimum atomic E-state index is 0.337. The number of fused-ring (bicyclic) bond motifs is 1. The molecule has 0 aliphatic carbocycles. The number of aryl methyl sites for hydroxylation is 1. The van der Waals surface area contributed by atoms with Crippen LogP contribution in [0.3, 0.4) is 0 Å². The summed E-state index contributed by atoms with van der Waals surface area (Å²) in [4.78, 5) is 2.37. The molecule has 19 heavy (non-hydrogen) atoms. The lowest BCUT2D eigenvalue weighted by molar-refractivity contribution is 0.481. The molecule has 0 radical (unpaired) electrons. The molecule has 0 saturated heterocycles. The quantitative estimate of drug-likeness (QED) is 0.704. The zero-order valence-corrected chi connectivity index (χ0v) is 11.4. The van der Waals surface area contributed by atoms with Crippen LogP contribution < -0.4 is 0 Å². The molecule has 0 aromatic heterocycles. The van der Waals surface area contributed by atoms with Crippen LogP contribution in [-0.4, -0.2) is 5.11 Å². The van der Waals surface area contributed by atoms with E-state index >= 15 is 0 Å². The van der Waals surface area contributed by atoms with Crippen molar-refractivity contribution in [2.45, 2.75) is 16.7 Å². The Kier molecular flexibility index (Phi) is 3.18. The van der Waals surface area contributed by atoms with E-state index in [1.807, 2.05) is 30.3 Å². The first-order valence-electron chi connectivity index (χ1n) is 6.19. The van der Waals surface area contributed by atoms with Gasteiger partial charge in [-0.15, -0.1) is 0 Å². The van der Waals surface area contributed by atoms with Crippen molar-refractivity contribution in [2.24, 2.45) is 0 Å². The summed E-state index contributed by atoms with van der Waals surface area (Å²) in [6.45, 7) is 2.09. The molecule has 1 nitrogen and oxygen atoms in total. The van der Waals surface area contributed by atoms with Gasteiger partial charge in [-0.2, -0.15) is 0 Å². The lowest BCUT2D eigenvalue weighted by Crippen LogP contribution is -1.80. The third kappa shape index (κ3) is 2.45. The topological polar surface area (TPSA) is 20.2 Å². The fraction of sp³-hybridized carbons (Fsp3) is 0.0588. The second kappa shape index (κ2) is 4.98. The van der Waals surface area contributed by atoms with E-state index in [0.29, 0.717) is 5.75 Å². The predicted molar refractivity (Wildman–Crippen MR) is 80.9 cm³/mol. The molecular formula is C17H14OS. The molecule has 0 bridgehead atoms. The van der Waals surface area contributed by atoms with E-state index < -0.39 is 0 Å².